The van der Waals surface area contributed by atoms with Crippen LogP contribution in [0.5, 0.6) is 5.75 Å². The molecule has 0 fully saturated rings. The van der Waals surface area contributed by atoms with E-state index in [4.69, 9.17) is 9.47 Å². The maximum Gasteiger partial charge on any atom is 0.336 e. The fourth-order valence-electron chi connectivity index (χ4n) is 5.13. The highest BCUT2D eigenvalue weighted by atomic mass is 16.5. The Morgan fingerprint density at radius 3 is 2.17 bits per heavy atom. The third kappa shape index (κ3) is 16.6. The highest BCUT2D eigenvalue weighted by molar-refractivity contribution is 5.93. The van der Waals surface area contributed by atoms with Crippen molar-refractivity contribution in [1.29, 1.82) is 0 Å². The van der Waals surface area contributed by atoms with Crippen LogP contribution in [0.4, 0.5) is 0 Å². The van der Waals surface area contributed by atoms with Crippen molar-refractivity contribution in [3.8, 4) is 17.6 Å². The van der Waals surface area contributed by atoms with E-state index in [2.05, 4.69) is 29.4 Å². The quantitative estimate of drug-likeness (QED) is 0.0607. The number of hydrogen-bond acceptors (Lipinski definition) is 7. The second kappa shape index (κ2) is 24.5. The summed E-state index contributed by atoms with van der Waals surface area (Å²) in [4.78, 5) is 50.8. The van der Waals surface area contributed by atoms with E-state index in [-0.39, 0.29) is 26.1 Å². The molecule has 0 saturated carbocycles. The first-order valence-electron chi connectivity index (χ1n) is 16.9. The standard InChI is InChI=1S/C37H56N2O8/c1-5-7-9-12-15-18-30(40)19-16-13-10-11-14-17-20-32(37(45,36(43)44)25-27-46-4)34(41)39-33(35(42)38-3)28-29-21-23-31(24-22-29)47-26-8-6-2/h17,20-24,32-33,45H,5,7,9-16,18-19,25-28H2,1-4H3,(H,38,42)(H,39,41)(H,43,44)/t32?,33-,37?/m0/s1. The average molecular weight is 657 g/mol. The zero-order valence-corrected chi connectivity index (χ0v) is 28.8. The second-order valence-electron chi connectivity index (χ2n) is 11.8. The number of allylic oxidation sites excluding steroid dienone is 1. The van der Waals surface area contributed by atoms with Crippen LogP contribution in [0, 0.1) is 17.8 Å². The predicted molar refractivity (Wildman–Crippen MR) is 183 cm³/mol. The van der Waals surface area contributed by atoms with Crippen LogP contribution < -0.4 is 15.4 Å². The van der Waals surface area contributed by atoms with E-state index in [1.54, 1.807) is 37.3 Å². The number of nitrogens with one attached hydrogen (secondary N) is 2. The fourth-order valence-corrected chi connectivity index (χ4v) is 5.13. The SMILES string of the molecule is CC#CCOc1ccc(C[C@H](NC(=O)C(C=CCCCCCCC(=O)CCCCCCC)C(O)(CCOC)C(=O)O)C(=O)NC)cc1. The Labute approximate surface area is 281 Å². The molecule has 0 bridgehead atoms. The number of carboxylic acids is 1. The molecular formula is C37H56N2O8. The van der Waals surface area contributed by atoms with Gasteiger partial charge in [-0.1, -0.05) is 75.7 Å². The Kier molecular flexibility index (Phi) is 21.5. The molecule has 262 valence electrons. The van der Waals surface area contributed by atoms with Gasteiger partial charge in [-0.25, -0.2) is 4.79 Å². The summed E-state index contributed by atoms with van der Waals surface area (Å²) in [7, 11) is 2.82. The molecule has 0 aliphatic rings. The number of ketones is 1. The maximum atomic E-state index is 13.6. The minimum Gasteiger partial charge on any atom is -0.481 e. The molecule has 0 spiro atoms. The summed E-state index contributed by atoms with van der Waals surface area (Å²) >= 11 is 0. The van der Waals surface area contributed by atoms with Gasteiger partial charge in [0, 0.05) is 46.4 Å². The van der Waals surface area contributed by atoms with Crippen LogP contribution in [0.3, 0.4) is 0 Å². The lowest BCUT2D eigenvalue weighted by Crippen LogP contribution is -2.56. The summed E-state index contributed by atoms with van der Waals surface area (Å²) < 4.78 is 10.6. The number of carbonyl (C=O) groups is 4. The number of unbranched alkanes of at least 4 members (excludes halogenated alkanes) is 8. The van der Waals surface area contributed by atoms with Gasteiger partial charge in [0.25, 0.3) is 0 Å². The summed E-state index contributed by atoms with van der Waals surface area (Å²) in [6, 6.07) is 5.99. The van der Waals surface area contributed by atoms with Crippen LogP contribution in [0.1, 0.15) is 103 Å². The van der Waals surface area contributed by atoms with E-state index in [1.807, 2.05) is 0 Å². The van der Waals surface area contributed by atoms with Gasteiger partial charge in [0.15, 0.2) is 5.60 Å². The number of carbonyl (C=O) groups excluding carboxylic acids is 3. The predicted octanol–water partition coefficient (Wildman–Crippen LogP) is 5.16. The summed E-state index contributed by atoms with van der Waals surface area (Å²) in [6.07, 6.45) is 13.8. The topological polar surface area (TPSA) is 151 Å². The van der Waals surface area contributed by atoms with E-state index >= 15 is 0 Å². The Balaban J connectivity index is 2.87. The second-order valence-corrected chi connectivity index (χ2v) is 11.8. The van der Waals surface area contributed by atoms with Crippen LogP contribution in [-0.4, -0.2) is 72.8 Å². The first kappa shape index (κ1) is 41.3. The molecule has 4 N–H and O–H groups in total. The van der Waals surface area contributed by atoms with Crippen molar-refractivity contribution in [2.75, 3.05) is 27.4 Å². The number of amides is 2. The first-order valence-corrected chi connectivity index (χ1v) is 16.9. The molecule has 2 unspecified atom stereocenters. The molecule has 1 aromatic rings. The Morgan fingerprint density at radius 2 is 1.60 bits per heavy atom. The van der Waals surface area contributed by atoms with Gasteiger partial charge in [-0.3, -0.25) is 14.4 Å². The molecule has 10 heteroatoms. The number of aliphatic hydroxyl groups is 1. The number of likely N-dealkylation sites (N-methyl/N-ethyl adjacent to an activating group) is 1. The zero-order valence-electron chi connectivity index (χ0n) is 28.8. The minimum atomic E-state index is -2.46. The molecule has 0 heterocycles. The highest BCUT2D eigenvalue weighted by Gasteiger charge is 2.47. The number of aliphatic carboxylic acids is 1. The van der Waals surface area contributed by atoms with Gasteiger partial charge in [0.05, 0.1) is 5.92 Å². The van der Waals surface area contributed by atoms with Crippen molar-refractivity contribution >= 4 is 23.6 Å². The largest absolute Gasteiger partial charge is 0.481 e. The maximum absolute atomic E-state index is 13.6. The minimum absolute atomic E-state index is 0.0883. The normalized spacial score (nSPS) is 13.6. The number of methoxy groups -OCH3 is 1. The summed E-state index contributed by atoms with van der Waals surface area (Å²) in [5.41, 5.74) is -1.72. The Bertz CT molecular complexity index is 1170. The summed E-state index contributed by atoms with van der Waals surface area (Å²) in [6.45, 7) is 4.05. The molecule has 0 aliphatic carbocycles. The summed E-state index contributed by atoms with van der Waals surface area (Å²) in [5, 5.41) is 26.5. The molecule has 0 radical (unpaired) electrons. The van der Waals surface area contributed by atoms with Crippen LogP contribution in [0.15, 0.2) is 36.4 Å². The first-order chi connectivity index (χ1) is 22.6. The molecule has 47 heavy (non-hydrogen) atoms. The van der Waals surface area contributed by atoms with Gasteiger partial charge in [-0.15, -0.1) is 5.92 Å². The van der Waals surface area contributed by atoms with Crippen molar-refractivity contribution in [2.45, 2.75) is 115 Å². The Hall–Kier alpha value is -3.68. The van der Waals surface area contributed by atoms with E-state index in [1.165, 1.54) is 39.5 Å². The van der Waals surface area contributed by atoms with Crippen molar-refractivity contribution in [2.24, 2.45) is 5.92 Å². The van der Waals surface area contributed by atoms with Gasteiger partial charge < -0.3 is 30.3 Å². The highest BCUT2D eigenvalue weighted by Crippen LogP contribution is 2.26. The lowest BCUT2D eigenvalue weighted by Gasteiger charge is -2.31. The molecule has 10 nitrogen and oxygen atoms in total. The van der Waals surface area contributed by atoms with Crippen LogP contribution >= 0.6 is 0 Å². The molecule has 1 rings (SSSR count). The smallest absolute Gasteiger partial charge is 0.336 e. The van der Waals surface area contributed by atoms with Gasteiger partial charge in [-0.2, -0.15) is 0 Å². The third-order valence-corrected chi connectivity index (χ3v) is 8.05. The molecule has 0 saturated heterocycles. The van der Waals surface area contributed by atoms with Crippen LogP contribution in [-0.2, 0) is 30.3 Å². The number of benzene rings is 1. The van der Waals surface area contributed by atoms with Crippen LogP contribution in [0.2, 0.25) is 0 Å². The number of carboxylic acid groups (broad SMARTS) is 1. The number of rotatable bonds is 26. The molecule has 2 amide bonds. The summed E-state index contributed by atoms with van der Waals surface area (Å²) in [5.74, 6) is 2.19. The fraction of sp³-hybridized carbons (Fsp3) is 0.622. The molecule has 3 atom stereocenters. The van der Waals surface area contributed by atoms with Gasteiger partial charge in [-0.05, 0) is 50.3 Å². The van der Waals surface area contributed by atoms with Crippen molar-refractivity contribution in [3.63, 3.8) is 0 Å². The molecule has 1 aromatic carbocycles. The molecular weight excluding hydrogens is 600 g/mol. The van der Waals surface area contributed by atoms with Gasteiger partial charge in [0.2, 0.25) is 11.8 Å². The van der Waals surface area contributed by atoms with E-state index in [9.17, 15) is 29.4 Å². The van der Waals surface area contributed by atoms with Gasteiger partial charge >= 0.3 is 5.97 Å². The number of ether oxygens (including phenoxy) is 2. The molecule has 0 aliphatic heterocycles. The van der Waals surface area contributed by atoms with E-state index < -0.39 is 35.3 Å². The number of hydrogen-bond donors (Lipinski definition) is 4. The third-order valence-electron chi connectivity index (χ3n) is 8.05. The number of Topliss-reactive ketones (excluding diaryl/α,β-unsaturated/α-hetero) is 1. The monoisotopic (exact) mass is 656 g/mol. The lowest BCUT2D eigenvalue weighted by atomic mass is 9.83. The van der Waals surface area contributed by atoms with Crippen LogP contribution in [0.25, 0.3) is 0 Å². The van der Waals surface area contributed by atoms with Gasteiger partial charge in [0.1, 0.15) is 24.2 Å². The van der Waals surface area contributed by atoms with Crippen molar-refractivity contribution in [1.82, 2.24) is 10.6 Å². The van der Waals surface area contributed by atoms with Crippen molar-refractivity contribution in [3.05, 3.63) is 42.0 Å². The Morgan fingerprint density at radius 1 is 0.957 bits per heavy atom. The van der Waals surface area contributed by atoms with E-state index in [0.717, 1.165) is 44.1 Å². The average Bonchev–Trinajstić information content (AvgIpc) is 3.06. The lowest BCUT2D eigenvalue weighted by molar-refractivity contribution is -0.168. The molecule has 0 aromatic heterocycles. The van der Waals surface area contributed by atoms with E-state index in [0.29, 0.717) is 30.8 Å². The van der Waals surface area contributed by atoms with Crippen molar-refractivity contribution < 1.29 is 38.9 Å². The zero-order chi connectivity index (χ0) is 34.9.